The van der Waals surface area contributed by atoms with Crippen LogP contribution in [0.15, 0.2) is 36.4 Å². The van der Waals surface area contributed by atoms with Crippen LogP contribution in [0.3, 0.4) is 0 Å². The van der Waals surface area contributed by atoms with Crippen molar-refractivity contribution in [3.63, 3.8) is 0 Å². The van der Waals surface area contributed by atoms with E-state index >= 15 is 0 Å². The van der Waals surface area contributed by atoms with Crippen molar-refractivity contribution in [2.45, 2.75) is 6.92 Å². The first-order valence-corrected chi connectivity index (χ1v) is 7.95. The fraction of sp³-hybridized carbons (Fsp3) is 0.214. The molecule has 0 radical (unpaired) electrons. The molecule has 1 amide bonds. The van der Waals surface area contributed by atoms with E-state index in [1.54, 1.807) is 17.3 Å². The molecule has 0 aliphatic carbocycles. The Bertz CT molecular complexity index is 750. The lowest BCUT2D eigenvalue weighted by atomic mass is 10.3. The van der Waals surface area contributed by atoms with Crippen molar-refractivity contribution in [2.24, 2.45) is 0 Å². The summed E-state index contributed by atoms with van der Waals surface area (Å²) in [5, 5.41) is 2.83. The molecule has 0 spiro atoms. The van der Waals surface area contributed by atoms with Crippen LogP contribution in [0.25, 0.3) is 10.6 Å². The van der Waals surface area contributed by atoms with Gasteiger partial charge in [0.1, 0.15) is 10.0 Å². The Morgan fingerprint density at radius 3 is 3.00 bits per heavy atom. The van der Waals surface area contributed by atoms with Crippen molar-refractivity contribution in [1.82, 2.24) is 15.0 Å². The zero-order valence-corrected chi connectivity index (χ0v) is 14.0. The minimum atomic E-state index is -0.229. The first-order chi connectivity index (χ1) is 11.2. The van der Waals surface area contributed by atoms with Gasteiger partial charge >= 0.3 is 0 Å². The zero-order valence-electron chi connectivity index (χ0n) is 12.4. The van der Waals surface area contributed by atoms with Crippen molar-refractivity contribution in [1.29, 1.82) is 0 Å². The SMILES string of the molecule is CCN(C(=O)C1=CN1OOC)c1sc(-c2cccnc2)nc1Cl. The normalized spacial score (nSPS) is 13.0. The van der Waals surface area contributed by atoms with Crippen LogP contribution in [0, 0.1) is 0 Å². The second-order valence-corrected chi connectivity index (χ2v) is 5.82. The molecular formula is C14H13ClN4O3S. The Kier molecular flexibility index (Phi) is 4.58. The second kappa shape index (κ2) is 6.63. The number of carbonyl (C=O) groups excluding carboxylic acids is 1. The Morgan fingerprint density at radius 2 is 2.35 bits per heavy atom. The van der Waals surface area contributed by atoms with Crippen molar-refractivity contribution in [3.05, 3.63) is 41.6 Å². The number of amides is 1. The van der Waals surface area contributed by atoms with Gasteiger partial charge in [-0.2, -0.15) is 5.06 Å². The Labute approximate surface area is 141 Å². The van der Waals surface area contributed by atoms with E-state index in [2.05, 4.69) is 14.9 Å². The number of thiazole rings is 1. The van der Waals surface area contributed by atoms with E-state index in [4.69, 9.17) is 16.6 Å². The molecule has 0 saturated heterocycles. The van der Waals surface area contributed by atoms with Crippen LogP contribution in [0.1, 0.15) is 6.92 Å². The molecule has 120 valence electrons. The van der Waals surface area contributed by atoms with Gasteiger partial charge in [0.15, 0.2) is 10.9 Å². The zero-order chi connectivity index (χ0) is 16.4. The monoisotopic (exact) mass is 352 g/mol. The molecule has 0 saturated carbocycles. The fourth-order valence-corrected chi connectivity index (χ4v) is 3.33. The third-order valence-corrected chi connectivity index (χ3v) is 4.57. The molecule has 1 aliphatic rings. The summed E-state index contributed by atoms with van der Waals surface area (Å²) >= 11 is 7.57. The van der Waals surface area contributed by atoms with Crippen molar-refractivity contribution < 1.29 is 14.7 Å². The molecule has 0 N–H and O–H groups in total. The van der Waals surface area contributed by atoms with Gasteiger partial charge in [0.05, 0.1) is 13.3 Å². The largest absolute Gasteiger partial charge is 0.296 e. The number of rotatable bonds is 6. The van der Waals surface area contributed by atoms with Gasteiger partial charge in [0.2, 0.25) is 0 Å². The highest BCUT2D eigenvalue weighted by Gasteiger charge is 2.35. The standard InChI is InChI=1S/C14H13ClN4O3S/c1-3-18(13(20)10-8-19(10)22-21-2)14-11(15)17-12(23-14)9-5-4-6-16-7-9/h4-8H,3H2,1-2H3. The highest BCUT2D eigenvalue weighted by atomic mass is 35.5. The number of hydrogen-bond donors (Lipinski definition) is 0. The maximum Gasteiger partial charge on any atom is 0.279 e. The van der Waals surface area contributed by atoms with E-state index in [-0.39, 0.29) is 11.1 Å². The van der Waals surface area contributed by atoms with Crippen LogP contribution in [0.4, 0.5) is 5.00 Å². The number of hydrogen-bond acceptors (Lipinski definition) is 7. The van der Waals surface area contributed by atoms with Gasteiger partial charge in [-0.3, -0.25) is 14.7 Å². The van der Waals surface area contributed by atoms with Gasteiger partial charge in [-0.25, -0.2) is 9.87 Å². The summed E-state index contributed by atoms with van der Waals surface area (Å²) < 4.78 is 0. The van der Waals surface area contributed by atoms with E-state index in [1.807, 2.05) is 19.1 Å². The minimum Gasteiger partial charge on any atom is -0.296 e. The Hall–Kier alpha value is -2.00. The molecule has 23 heavy (non-hydrogen) atoms. The second-order valence-electron chi connectivity index (χ2n) is 4.49. The summed E-state index contributed by atoms with van der Waals surface area (Å²) in [7, 11) is 1.37. The quantitative estimate of drug-likeness (QED) is 0.588. The number of halogens is 1. The van der Waals surface area contributed by atoms with Crippen LogP contribution in [-0.2, 0) is 14.7 Å². The summed E-state index contributed by atoms with van der Waals surface area (Å²) in [6.45, 7) is 2.31. The third-order valence-electron chi connectivity index (χ3n) is 3.07. The molecule has 9 heteroatoms. The lowest BCUT2D eigenvalue weighted by Gasteiger charge is -2.17. The van der Waals surface area contributed by atoms with Gasteiger partial charge in [0.25, 0.3) is 5.91 Å². The lowest BCUT2D eigenvalue weighted by molar-refractivity contribution is -0.367. The topological polar surface area (TPSA) is 67.6 Å². The lowest BCUT2D eigenvalue weighted by Crippen LogP contribution is -2.31. The summed E-state index contributed by atoms with van der Waals surface area (Å²) in [5.74, 6) is -0.229. The molecule has 0 bridgehead atoms. The van der Waals surface area contributed by atoms with Crippen molar-refractivity contribution in [2.75, 3.05) is 18.6 Å². The number of likely N-dealkylation sites (N-methyl/N-ethyl adjacent to an activating group) is 1. The first-order valence-electron chi connectivity index (χ1n) is 6.76. The Balaban J connectivity index is 1.84. The van der Waals surface area contributed by atoms with Gasteiger partial charge in [0, 0.05) is 24.5 Å². The molecule has 1 aliphatic heterocycles. The van der Waals surface area contributed by atoms with E-state index in [9.17, 15) is 4.79 Å². The predicted octanol–water partition coefficient (Wildman–Crippen LogP) is 2.86. The molecule has 0 aromatic carbocycles. The molecule has 0 fully saturated rings. The average molecular weight is 353 g/mol. The average Bonchev–Trinajstić information content (AvgIpc) is 3.24. The van der Waals surface area contributed by atoms with Crippen LogP contribution in [0.5, 0.6) is 0 Å². The van der Waals surface area contributed by atoms with Crippen LogP contribution >= 0.6 is 22.9 Å². The van der Waals surface area contributed by atoms with E-state index in [1.165, 1.54) is 29.7 Å². The smallest absolute Gasteiger partial charge is 0.279 e. The molecule has 7 nitrogen and oxygen atoms in total. The first kappa shape index (κ1) is 15.9. The molecular weight excluding hydrogens is 340 g/mol. The minimum absolute atomic E-state index is 0.229. The fourth-order valence-electron chi connectivity index (χ4n) is 1.96. The third kappa shape index (κ3) is 3.20. The van der Waals surface area contributed by atoms with E-state index < -0.39 is 0 Å². The number of aromatic nitrogens is 2. The van der Waals surface area contributed by atoms with Gasteiger partial charge in [-0.05, 0) is 19.1 Å². The van der Waals surface area contributed by atoms with Crippen LogP contribution < -0.4 is 4.90 Å². The van der Waals surface area contributed by atoms with E-state index in [0.29, 0.717) is 22.3 Å². The summed E-state index contributed by atoms with van der Waals surface area (Å²) in [5.41, 5.74) is 1.24. The molecule has 3 rings (SSSR count). The maximum atomic E-state index is 12.5. The number of hydroxylamine groups is 2. The molecule has 3 heterocycles. The summed E-state index contributed by atoms with van der Waals surface area (Å²) in [6, 6.07) is 3.71. The van der Waals surface area contributed by atoms with Gasteiger partial charge in [-0.1, -0.05) is 22.9 Å². The molecule has 0 unspecified atom stereocenters. The number of anilines is 1. The van der Waals surface area contributed by atoms with Crippen LogP contribution in [-0.4, -0.2) is 34.6 Å². The Morgan fingerprint density at radius 1 is 1.52 bits per heavy atom. The summed E-state index contributed by atoms with van der Waals surface area (Å²) in [6.07, 6.45) is 4.92. The van der Waals surface area contributed by atoms with Gasteiger partial charge in [-0.15, -0.1) is 4.99 Å². The number of pyridine rings is 1. The summed E-state index contributed by atoms with van der Waals surface area (Å²) in [4.78, 5) is 31.7. The van der Waals surface area contributed by atoms with E-state index in [0.717, 1.165) is 5.56 Å². The number of nitrogens with zero attached hydrogens (tertiary/aromatic N) is 4. The maximum absolute atomic E-state index is 12.5. The molecule has 0 atom stereocenters. The highest BCUT2D eigenvalue weighted by Crippen LogP contribution is 2.39. The van der Waals surface area contributed by atoms with Gasteiger partial charge < -0.3 is 0 Å². The predicted molar refractivity (Wildman–Crippen MR) is 86.4 cm³/mol. The van der Waals surface area contributed by atoms with Crippen LogP contribution in [0.2, 0.25) is 5.15 Å². The van der Waals surface area contributed by atoms with Crippen molar-refractivity contribution >= 4 is 33.8 Å². The highest BCUT2D eigenvalue weighted by molar-refractivity contribution is 7.19. The molecule has 2 aromatic heterocycles. The molecule has 2 aromatic rings. The van der Waals surface area contributed by atoms with Crippen molar-refractivity contribution in [3.8, 4) is 10.6 Å². The number of carbonyl (C=O) groups is 1.